The van der Waals surface area contributed by atoms with Crippen molar-refractivity contribution in [1.29, 1.82) is 0 Å². The van der Waals surface area contributed by atoms with E-state index < -0.39 is 5.60 Å². The molecule has 0 spiro atoms. The Bertz CT molecular complexity index is 619. The van der Waals surface area contributed by atoms with E-state index in [4.69, 9.17) is 0 Å². The third-order valence-electron chi connectivity index (χ3n) is 3.68. The summed E-state index contributed by atoms with van der Waals surface area (Å²) in [4.78, 5) is 18.6. The van der Waals surface area contributed by atoms with Gasteiger partial charge < -0.3 is 10.0 Å². The van der Waals surface area contributed by atoms with E-state index in [1.165, 1.54) is 0 Å². The number of nitrogens with zero attached hydrogens (tertiary/aromatic N) is 2. The third-order valence-corrected chi connectivity index (χ3v) is 5.30. The lowest BCUT2D eigenvalue weighted by Crippen LogP contribution is -2.49. The van der Waals surface area contributed by atoms with E-state index in [0.29, 0.717) is 13.0 Å². The van der Waals surface area contributed by atoms with E-state index in [1.807, 2.05) is 16.8 Å². The van der Waals surface area contributed by atoms with E-state index in [9.17, 15) is 9.90 Å². The lowest BCUT2D eigenvalue weighted by molar-refractivity contribution is -0.136. The van der Waals surface area contributed by atoms with Crippen molar-refractivity contribution in [3.05, 3.63) is 27.9 Å². The summed E-state index contributed by atoms with van der Waals surface area (Å²) in [7, 11) is 0. The fourth-order valence-electron chi connectivity index (χ4n) is 2.61. The van der Waals surface area contributed by atoms with Gasteiger partial charge in [-0.05, 0) is 31.2 Å². The fourth-order valence-corrected chi connectivity index (χ4v) is 4.14. The molecule has 2 aromatic heterocycles. The van der Waals surface area contributed by atoms with Gasteiger partial charge in [-0.1, -0.05) is 0 Å². The second-order valence-corrected chi connectivity index (χ2v) is 7.39. The minimum absolute atomic E-state index is 0.0529. The molecule has 1 aliphatic rings. The van der Waals surface area contributed by atoms with Crippen molar-refractivity contribution in [1.82, 2.24) is 9.88 Å². The maximum Gasteiger partial charge on any atom is 0.228 e. The number of aliphatic hydroxyl groups is 1. The van der Waals surface area contributed by atoms with Gasteiger partial charge in [0.15, 0.2) is 0 Å². The summed E-state index contributed by atoms with van der Waals surface area (Å²) >= 11 is 3.21. The molecule has 112 valence electrons. The van der Waals surface area contributed by atoms with Gasteiger partial charge >= 0.3 is 0 Å². The molecule has 0 aromatic carbocycles. The second kappa shape index (κ2) is 5.87. The number of hydrogen-bond donors (Lipinski definition) is 1. The van der Waals surface area contributed by atoms with Crippen molar-refractivity contribution in [2.75, 3.05) is 13.1 Å². The highest BCUT2D eigenvalue weighted by Crippen LogP contribution is 2.26. The van der Waals surface area contributed by atoms with Gasteiger partial charge in [-0.2, -0.15) is 11.3 Å². The Hall–Kier alpha value is -1.24. The number of thiazole rings is 1. The molecule has 3 heterocycles. The van der Waals surface area contributed by atoms with Crippen LogP contribution in [0.4, 0.5) is 0 Å². The molecule has 1 amide bonds. The molecule has 1 aliphatic heterocycles. The highest BCUT2D eigenvalue weighted by Gasteiger charge is 2.30. The number of thiophene rings is 1. The van der Waals surface area contributed by atoms with Crippen LogP contribution in [0.5, 0.6) is 0 Å². The first-order valence-electron chi connectivity index (χ1n) is 7.01. The van der Waals surface area contributed by atoms with Gasteiger partial charge in [-0.15, -0.1) is 11.3 Å². The lowest BCUT2D eigenvalue weighted by atomic mass is 9.95. The Morgan fingerprint density at radius 1 is 1.52 bits per heavy atom. The van der Waals surface area contributed by atoms with Crippen LogP contribution in [0.3, 0.4) is 0 Å². The first kappa shape index (κ1) is 14.7. The van der Waals surface area contributed by atoms with Crippen LogP contribution in [0.15, 0.2) is 22.2 Å². The first-order chi connectivity index (χ1) is 10.0. The molecule has 21 heavy (non-hydrogen) atoms. The number of piperidine rings is 1. The standard InChI is InChI=1S/C15H18N2O2S2/c1-15(19)4-2-5-17(10-15)13(18)7-12-9-21-14(16-12)11-3-6-20-8-11/h3,6,8-9,19H,2,4-5,7,10H2,1H3. The quantitative estimate of drug-likeness (QED) is 0.945. The minimum Gasteiger partial charge on any atom is -0.388 e. The predicted octanol–water partition coefficient (Wildman–Crippen LogP) is 2.79. The molecule has 1 unspecified atom stereocenters. The Morgan fingerprint density at radius 2 is 2.38 bits per heavy atom. The molecular formula is C15H18N2O2S2. The maximum atomic E-state index is 12.3. The van der Waals surface area contributed by atoms with E-state index in [-0.39, 0.29) is 5.91 Å². The fraction of sp³-hybridized carbons (Fsp3) is 0.467. The molecule has 0 aliphatic carbocycles. The van der Waals surface area contributed by atoms with Gasteiger partial charge in [-0.25, -0.2) is 4.98 Å². The normalized spacial score (nSPS) is 22.5. The first-order valence-corrected chi connectivity index (χ1v) is 8.83. The van der Waals surface area contributed by atoms with Crippen molar-refractivity contribution in [2.24, 2.45) is 0 Å². The Balaban J connectivity index is 1.65. The van der Waals surface area contributed by atoms with Crippen molar-refractivity contribution in [2.45, 2.75) is 31.8 Å². The number of likely N-dealkylation sites (tertiary alicyclic amines) is 1. The number of carbonyl (C=O) groups excluding carboxylic acids is 1. The zero-order valence-electron chi connectivity index (χ0n) is 11.9. The summed E-state index contributed by atoms with van der Waals surface area (Å²) in [5, 5.41) is 17.1. The van der Waals surface area contributed by atoms with Gasteiger partial charge in [-0.3, -0.25) is 4.79 Å². The van der Waals surface area contributed by atoms with Crippen LogP contribution >= 0.6 is 22.7 Å². The largest absolute Gasteiger partial charge is 0.388 e. The number of carbonyl (C=O) groups is 1. The number of rotatable bonds is 3. The van der Waals surface area contributed by atoms with Crippen molar-refractivity contribution in [3.8, 4) is 10.6 Å². The van der Waals surface area contributed by atoms with Crippen LogP contribution in [0.1, 0.15) is 25.5 Å². The SMILES string of the molecule is CC1(O)CCCN(C(=O)Cc2csc(-c3ccsc3)n2)C1. The van der Waals surface area contributed by atoms with Crippen LogP contribution in [-0.4, -0.2) is 39.6 Å². The van der Waals surface area contributed by atoms with Gasteiger partial charge in [0.25, 0.3) is 0 Å². The third kappa shape index (κ3) is 3.51. The van der Waals surface area contributed by atoms with Crippen LogP contribution in [0.2, 0.25) is 0 Å². The van der Waals surface area contributed by atoms with Crippen LogP contribution in [-0.2, 0) is 11.2 Å². The van der Waals surface area contributed by atoms with Crippen molar-refractivity contribution < 1.29 is 9.90 Å². The zero-order valence-corrected chi connectivity index (χ0v) is 13.5. The number of hydrogen-bond acceptors (Lipinski definition) is 5. The molecule has 1 N–H and O–H groups in total. The molecule has 0 bridgehead atoms. The molecule has 0 radical (unpaired) electrons. The molecule has 0 saturated carbocycles. The minimum atomic E-state index is -0.752. The van der Waals surface area contributed by atoms with Gasteiger partial charge in [0.1, 0.15) is 5.01 Å². The monoisotopic (exact) mass is 322 g/mol. The summed E-state index contributed by atoms with van der Waals surface area (Å²) in [6.45, 7) is 2.95. The van der Waals surface area contributed by atoms with Crippen LogP contribution < -0.4 is 0 Å². The summed E-state index contributed by atoms with van der Waals surface area (Å²) in [5.41, 5.74) is 1.18. The second-order valence-electron chi connectivity index (χ2n) is 5.75. The molecule has 4 nitrogen and oxygen atoms in total. The topological polar surface area (TPSA) is 53.4 Å². The smallest absolute Gasteiger partial charge is 0.228 e. The maximum absolute atomic E-state index is 12.3. The highest BCUT2D eigenvalue weighted by molar-refractivity contribution is 7.14. The van der Waals surface area contributed by atoms with E-state index in [1.54, 1.807) is 34.5 Å². The van der Waals surface area contributed by atoms with Gasteiger partial charge in [0.2, 0.25) is 5.91 Å². The number of aromatic nitrogens is 1. The van der Waals surface area contributed by atoms with Crippen LogP contribution in [0.25, 0.3) is 10.6 Å². The van der Waals surface area contributed by atoms with E-state index >= 15 is 0 Å². The lowest BCUT2D eigenvalue weighted by Gasteiger charge is -2.36. The van der Waals surface area contributed by atoms with E-state index in [2.05, 4.69) is 10.4 Å². The molecule has 1 saturated heterocycles. The number of β-amino-alcohol motifs (C(OH)–C–C–N with tert-alkyl or cyclic N) is 1. The molecule has 1 fully saturated rings. The Morgan fingerprint density at radius 3 is 3.10 bits per heavy atom. The molecule has 6 heteroatoms. The zero-order chi connectivity index (χ0) is 14.9. The van der Waals surface area contributed by atoms with E-state index in [0.717, 1.165) is 35.7 Å². The van der Waals surface area contributed by atoms with Crippen LogP contribution in [0, 0.1) is 0 Å². The Labute approximate surface area is 132 Å². The molecule has 3 rings (SSSR count). The molecule has 2 aromatic rings. The van der Waals surface area contributed by atoms with Crippen molar-refractivity contribution in [3.63, 3.8) is 0 Å². The van der Waals surface area contributed by atoms with Gasteiger partial charge in [0.05, 0.1) is 17.7 Å². The van der Waals surface area contributed by atoms with Gasteiger partial charge in [0, 0.05) is 29.4 Å². The average molecular weight is 322 g/mol. The molecule has 1 atom stereocenters. The summed E-state index contributed by atoms with van der Waals surface area (Å²) in [5.74, 6) is 0.0529. The highest BCUT2D eigenvalue weighted by atomic mass is 32.1. The Kier molecular flexibility index (Phi) is 4.10. The average Bonchev–Trinajstić information content (AvgIpc) is 3.07. The number of amides is 1. The summed E-state index contributed by atoms with van der Waals surface area (Å²) in [6, 6.07) is 2.04. The summed E-state index contributed by atoms with van der Waals surface area (Å²) < 4.78 is 0. The van der Waals surface area contributed by atoms with Crippen molar-refractivity contribution >= 4 is 28.6 Å². The molecular weight excluding hydrogens is 304 g/mol. The summed E-state index contributed by atoms with van der Waals surface area (Å²) in [6.07, 6.45) is 1.93. The predicted molar refractivity (Wildman–Crippen MR) is 85.6 cm³/mol.